The average molecular weight is 205 g/mol. The monoisotopic (exact) mass is 205 g/mol. The quantitative estimate of drug-likeness (QED) is 0.697. The van der Waals surface area contributed by atoms with Crippen molar-refractivity contribution < 1.29 is 5.11 Å². The van der Waals surface area contributed by atoms with Crippen molar-refractivity contribution in [2.75, 3.05) is 6.54 Å². The van der Waals surface area contributed by atoms with E-state index in [0.29, 0.717) is 6.54 Å². The van der Waals surface area contributed by atoms with Crippen molar-refractivity contribution in [1.82, 2.24) is 5.32 Å². The molecule has 0 bridgehead atoms. The lowest BCUT2D eigenvalue weighted by atomic mass is 10.1. The van der Waals surface area contributed by atoms with Crippen molar-refractivity contribution in [2.24, 2.45) is 0 Å². The van der Waals surface area contributed by atoms with Crippen molar-refractivity contribution in [3.05, 3.63) is 48.0 Å². The fourth-order valence-corrected chi connectivity index (χ4v) is 1.33. The van der Waals surface area contributed by atoms with Crippen LogP contribution in [0.4, 0.5) is 0 Å². The first kappa shape index (κ1) is 12.0. The molecule has 1 aromatic rings. The number of hydrogen-bond donors (Lipinski definition) is 2. The summed E-state index contributed by atoms with van der Waals surface area (Å²) in [5, 5.41) is 12.8. The molecule has 0 aromatic heterocycles. The van der Waals surface area contributed by atoms with Gasteiger partial charge in [0.05, 0.1) is 6.10 Å². The molecule has 0 fully saturated rings. The van der Waals surface area contributed by atoms with Gasteiger partial charge in [-0.2, -0.15) is 0 Å². The largest absolute Gasteiger partial charge is 0.387 e. The van der Waals surface area contributed by atoms with Crippen molar-refractivity contribution in [3.63, 3.8) is 0 Å². The highest BCUT2D eigenvalue weighted by atomic mass is 16.3. The second-order valence-corrected chi connectivity index (χ2v) is 3.64. The van der Waals surface area contributed by atoms with Crippen LogP contribution in [0.25, 0.3) is 0 Å². The van der Waals surface area contributed by atoms with Gasteiger partial charge in [0.1, 0.15) is 0 Å². The minimum absolute atomic E-state index is 0.432. The summed E-state index contributed by atoms with van der Waals surface area (Å²) >= 11 is 0. The zero-order chi connectivity index (χ0) is 11.1. The smallest absolute Gasteiger partial charge is 0.0871 e. The molecule has 0 aliphatic heterocycles. The lowest BCUT2D eigenvalue weighted by molar-refractivity contribution is 0.203. The molecule has 0 aliphatic rings. The summed E-state index contributed by atoms with van der Waals surface area (Å²) in [5.41, 5.74) is 2.11. The Morgan fingerprint density at radius 1 is 1.40 bits per heavy atom. The summed E-state index contributed by atoms with van der Waals surface area (Å²) in [6.07, 6.45) is 0.396. The standard InChI is InChI=1S/C13H19NO/c1-3-11(2)13(15)10-14-9-12-7-5-4-6-8-12/h4-8,13-15H,2-3,9-10H2,1H3. The van der Waals surface area contributed by atoms with Gasteiger partial charge in [0.15, 0.2) is 0 Å². The van der Waals surface area contributed by atoms with Gasteiger partial charge in [0.2, 0.25) is 0 Å². The lowest BCUT2D eigenvalue weighted by Gasteiger charge is -2.13. The predicted octanol–water partition coefficient (Wildman–Crippen LogP) is 2.10. The Balaban J connectivity index is 2.25. The van der Waals surface area contributed by atoms with Crippen LogP contribution >= 0.6 is 0 Å². The molecule has 0 spiro atoms. The topological polar surface area (TPSA) is 32.3 Å². The summed E-state index contributed by atoms with van der Waals surface area (Å²) in [6, 6.07) is 10.1. The number of benzene rings is 1. The lowest BCUT2D eigenvalue weighted by Crippen LogP contribution is -2.27. The van der Waals surface area contributed by atoms with Crippen LogP contribution in [0.5, 0.6) is 0 Å². The van der Waals surface area contributed by atoms with Gasteiger partial charge in [-0.1, -0.05) is 43.8 Å². The highest BCUT2D eigenvalue weighted by Gasteiger charge is 2.05. The van der Waals surface area contributed by atoms with Crippen LogP contribution < -0.4 is 5.32 Å². The van der Waals surface area contributed by atoms with Crippen LogP contribution in [0.2, 0.25) is 0 Å². The second-order valence-electron chi connectivity index (χ2n) is 3.64. The van der Waals surface area contributed by atoms with Crippen LogP contribution in [0.3, 0.4) is 0 Å². The van der Waals surface area contributed by atoms with Crippen molar-refractivity contribution in [3.8, 4) is 0 Å². The average Bonchev–Trinajstić information content (AvgIpc) is 2.29. The molecule has 0 amide bonds. The minimum Gasteiger partial charge on any atom is -0.387 e. The van der Waals surface area contributed by atoms with Crippen molar-refractivity contribution in [2.45, 2.75) is 26.0 Å². The van der Waals surface area contributed by atoms with Crippen LogP contribution in [-0.2, 0) is 6.54 Å². The molecule has 0 radical (unpaired) electrons. The van der Waals surface area contributed by atoms with E-state index in [1.54, 1.807) is 0 Å². The summed E-state index contributed by atoms with van der Waals surface area (Å²) in [7, 11) is 0. The van der Waals surface area contributed by atoms with Gasteiger partial charge in [-0.3, -0.25) is 0 Å². The van der Waals surface area contributed by atoms with E-state index in [2.05, 4.69) is 24.0 Å². The maximum atomic E-state index is 9.63. The Labute approximate surface area is 91.6 Å². The van der Waals surface area contributed by atoms with Gasteiger partial charge in [-0.25, -0.2) is 0 Å². The predicted molar refractivity (Wildman–Crippen MR) is 63.6 cm³/mol. The molecule has 1 aromatic carbocycles. The molecule has 2 N–H and O–H groups in total. The highest BCUT2D eigenvalue weighted by molar-refractivity contribution is 5.14. The number of aliphatic hydroxyl groups excluding tert-OH is 1. The molecule has 0 saturated carbocycles. The molecule has 2 heteroatoms. The molecule has 0 heterocycles. The van der Waals surface area contributed by atoms with Crippen LogP contribution in [0.15, 0.2) is 42.5 Å². The van der Waals surface area contributed by atoms with E-state index in [4.69, 9.17) is 0 Å². The molecule has 82 valence electrons. The Morgan fingerprint density at radius 3 is 2.67 bits per heavy atom. The fraction of sp³-hybridized carbons (Fsp3) is 0.385. The Morgan fingerprint density at radius 2 is 2.07 bits per heavy atom. The number of aliphatic hydroxyl groups is 1. The van der Waals surface area contributed by atoms with Gasteiger partial charge in [0, 0.05) is 13.1 Å². The number of hydrogen-bond acceptors (Lipinski definition) is 2. The van der Waals surface area contributed by atoms with E-state index in [1.807, 2.05) is 25.1 Å². The third-order valence-corrected chi connectivity index (χ3v) is 2.44. The fourth-order valence-electron chi connectivity index (χ4n) is 1.33. The maximum absolute atomic E-state index is 9.63. The Bertz CT molecular complexity index is 295. The zero-order valence-electron chi connectivity index (χ0n) is 9.24. The third-order valence-electron chi connectivity index (χ3n) is 2.44. The number of rotatable bonds is 6. The van der Waals surface area contributed by atoms with Crippen LogP contribution in [0.1, 0.15) is 18.9 Å². The summed E-state index contributed by atoms with van der Waals surface area (Å²) in [6.45, 7) is 7.17. The van der Waals surface area contributed by atoms with Crippen molar-refractivity contribution in [1.29, 1.82) is 0 Å². The first-order valence-electron chi connectivity index (χ1n) is 5.34. The van der Waals surface area contributed by atoms with E-state index in [-0.39, 0.29) is 0 Å². The van der Waals surface area contributed by atoms with Gasteiger partial charge in [-0.05, 0) is 17.6 Å². The van der Waals surface area contributed by atoms with Gasteiger partial charge in [-0.15, -0.1) is 0 Å². The second kappa shape index (κ2) is 6.38. The van der Waals surface area contributed by atoms with Gasteiger partial charge in [0.25, 0.3) is 0 Å². The first-order chi connectivity index (χ1) is 7.24. The summed E-state index contributed by atoms with van der Waals surface area (Å²) in [5.74, 6) is 0. The highest BCUT2D eigenvalue weighted by Crippen LogP contribution is 2.03. The minimum atomic E-state index is -0.432. The van der Waals surface area contributed by atoms with Gasteiger partial charge < -0.3 is 10.4 Å². The first-order valence-corrected chi connectivity index (χ1v) is 5.34. The third kappa shape index (κ3) is 4.28. The molecule has 2 nitrogen and oxygen atoms in total. The molecule has 1 rings (SSSR count). The van der Waals surface area contributed by atoms with E-state index in [9.17, 15) is 5.11 Å². The molecule has 0 saturated heterocycles. The van der Waals surface area contributed by atoms with E-state index >= 15 is 0 Å². The van der Waals surface area contributed by atoms with E-state index in [0.717, 1.165) is 18.5 Å². The molecule has 1 unspecified atom stereocenters. The normalized spacial score (nSPS) is 12.4. The van der Waals surface area contributed by atoms with Crippen LogP contribution in [-0.4, -0.2) is 17.8 Å². The van der Waals surface area contributed by atoms with E-state index < -0.39 is 6.10 Å². The zero-order valence-corrected chi connectivity index (χ0v) is 9.24. The van der Waals surface area contributed by atoms with Gasteiger partial charge >= 0.3 is 0 Å². The molecular formula is C13H19NO. The molecule has 1 atom stereocenters. The molecular weight excluding hydrogens is 186 g/mol. The molecule has 15 heavy (non-hydrogen) atoms. The maximum Gasteiger partial charge on any atom is 0.0871 e. The molecule has 0 aliphatic carbocycles. The summed E-state index contributed by atoms with van der Waals surface area (Å²) < 4.78 is 0. The summed E-state index contributed by atoms with van der Waals surface area (Å²) in [4.78, 5) is 0. The Hall–Kier alpha value is -1.12. The van der Waals surface area contributed by atoms with Crippen molar-refractivity contribution >= 4 is 0 Å². The van der Waals surface area contributed by atoms with Crippen LogP contribution in [0, 0.1) is 0 Å². The number of nitrogens with one attached hydrogen (secondary N) is 1. The van der Waals surface area contributed by atoms with E-state index in [1.165, 1.54) is 5.56 Å². The SMILES string of the molecule is C=C(CC)C(O)CNCc1ccccc1. The Kier molecular flexibility index (Phi) is 5.08.